The van der Waals surface area contributed by atoms with Crippen LogP contribution in [-0.2, 0) is 6.61 Å². The van der Waals surface area contributed by atoms with Crippen LogP contribution >= 0.6 is 11.8 Å². The van der Waals surface area contributed by atoms with Crippen molar-refractivity contribution in [2.75, 3.05) is 17.3 Å². The Balaban J connectivity index is 1.59. The molecule has 144 valence electrons. The number of fused-ring (bicyclic) bond motifs is 1. The van der Waals surface area contributed by atoms with E-state index < -0.39 is 17.5 Å². The molecule has 28 heavy (non-hydrogen) atoms. The van der Waals surface area contributed by atoms with Crippen molar-refractivity contribution in [2.24, 2.45) is 0 Å². The highest BCUT2D eigenvalue weighted by Gasteiger charge is 2.28. The number of hydrogen-bond donors (Lipinski definition) is 0. The number of nitrogens with zero attached hydrogens (tertiary/aromatic N) is 4. The molecule has 1 amide bonds. The van der Waals surface area contributed by atoms with Crippen molar-refractivity contribution in [1.82, 2.24) is 14.9 Å². The summed E-state index contributed by atoms with van der Waals surface area (Å²) in [4.78, 5) is 12.9. The van der Waals surface area contributed by atoms with Crippen molar-refractivity contribution in [1.29, 1.82) is 0 Å². The van der Waals surface area contributed by atoms with Gasteiger partial charge in [-0.1, -0.05) is 11.8 Å². The van der Waals surface area contributed by atoms with Crippen LogP contribution in [0.1, 0.15) is 16.2 Å². The summed E-state index contributed by atoms with van der Waals surface area (Å²) in [5.74, 6) is -1.59. The van der Waals surface area contributed by atoms with Crippen LogP contribution in [0.4, 0.5) is 13.2 Å². The van der Waals surface area contributed by atoms with E-state index in [2.05, 4.69) is 10.2 Å². The summed E-state index contributed by atoms with van der Waals surface area (Å²) in [6.07, 6.45) is 0. The normalized spacial score (nSPS) is 13.3. The molecular weight excluding hydrogens is 393 g/mol. The molecule has 4 rings (SSSR count). The Morgan fingerprint density at radius 3 is 2.57 bits per heavy atom. The number of halogens is 3. The van der Waals surface area contributed by atoms with Crippen molar-refractivity contribution < 1.29 is 22.7 Å². The molecule has 2 heterocycles. The third-order valence-corrected chi connectivity index (χ3v) is 4.93. The molecule has 2 aromatic carbocycles. The van der Waals surface area contributed by atoms with E-state index >= 15 is 0 Å². The molecule has 0 aliphatic carbocycles. The van der Waals surface area contributed by atoms with E-state index in [0.717, 1.165) is 12.1 Å². The molecule has 0 radical (unpaired) electrons. The van der Waals surface area contributed by atoms with Gasteiger partial charge in [0.25, 0.3) is 5.91 Å². The van der Waals surface area contributed by atoms with Gasteiger partial charge in [-0.3, -0.25) is 4.79 Å². The fourth-order valence-corrected chi connectivity index (χ4v) is 3.58. The van der Waals surface area contributed by atoms with Gasteiger partial charge in [0.15, 0.2) is 17.4 Å². The van der Waals surface area contributed by atoms with E-state index in [1.165, 1.54) is 51.8 Å². The summed E-state index contributed by atoms with van der Waals surface area (Å²) in [7, 11) is 0. The lowest BCUT2D eigenvalue weighted by atomic mass is 10.2. The maximum absolute atomic E-state index is 13.8. The lowest BCUT2D eigenvalue weighted by Gasteiger charge is -2.29. The van der Waals surface area contributed by atoms with Gasteiger partial charge in [0.1, 0.15) is 18.2 Å². The second kappa shape index (κ2) is 7.55. The Labute approximate surface area is 161 Å². The molecule has 0 atom stereocenters. The second-order valence-electron chi connectivity index (χ2n) is 5.86. The standard InChI is InChI=1S/C18H13F3N4O2S/c19-12-3-1-11(2-4-12)17(26)24-7-8-28-18-23-22-16(25(18)24)10-27-15-6-5-13(20)9-14(15)21/h1-6,9H,7-8,10H2. The predicted molar refractivity (Wildman–Crippen MR) is 95.3 cm³/mol. The summed E-state index contributed by atoms with van der Waals surface area (Å²) in [6, 6.07) is 8.18. The molecule has 0 bridgehead atoms. The zero-order valence-electron chi connectivity index (χ0n) is 14.3. The third-order valence-electron chi connectivity index (χ3n) is 4.03. The van der Waals surface area contributed by atoms with Gasteiger partial charge in [0.05, 0.1) is 6.54 Å². The minimum absolute atomic E-state index is 0.140. The highest BCUT2D eigenvalue weighted by molar-refractivity contribution is 7.99. The Kier molecular flexibility index (Phi) is 4.95. The number of carbonyl (C=O) groups is 1. The van der Waals surface area contributed by atoms with Gasteiger partial charge in [-0.2, -0.15) is 0 Å². The molecule has 0 fully saturated rings. The number of rotatable bonds is 4. The summed E-state index contributed by atoms with van der Waals surface area (Å²) in [5.41, 5.74) is 0.310. The Hall–Kier alpha value is -3.01. The molecule has 1 aliphatic rings. The van der Waals surface area contributed by atoms with Crippen molar-refractivity contribution in [2.45, 2.75) is 11.8 Å². The Morgan fingerprint density at radius 2 is 1.82 bits per heavy atom. The lowest BCUT2D eigenvalue weighted by Crippen LogP contribution is -2.45. The van der Waals surface area contributed by atoms with Gasteiger partial charge in [-0.15, -0.1) is 10.2 Å². The summed E-state index contributed by atoms with van der Waals surface area (Å²) < 4.78 is 46.8. The topological polar surface area (TPSA) is 60.3 Å². The monoisotopic (exact) mass is 406 g/mol. The molecule has 0 spiro atoms. The van der Waals surface area contributed by atoms with Crippen molar-refractivity contribution in [3.63, 3.8) is 0 Å². The molecular formula is C18H13F3N4O2S. The van der Waals surface area contributed by atoms with E-state index in [9.17, 15) is 18.0 Å². The highest BCUT2D eigenvalue weighted by Crippen LogP contribution is 2.25. The van der Waals surface area contributed by atoms with Gasteiger partial charge in [0.2, 0.25) is 5.16 Å². The average molecular weight is 406 g/mol. The van der Waals surface area contributed by atoms with Crippen molar-refractivity contribution in [3.05, 3.63) is 71.3 Å². The zero-order chi connectivity index (χ0) is 19.7. The Bertz CT molecular complexity index is 1030. The maximum atomic E-state index is 13.8. The third kappa shape index (κ3) is 3.55. The minimum atomic E-state index is -0.841. The molecule has 0 N–H and O–H groups in total. The SMILES string of the molecule is O=C(c1ccc(F)cc1)N1CCSc2nnc(COc3ccc(F)cc3F)n21. The van der Waals surface area contributed by atoms with Gasteiger partial charge >= 0.3 is 0 Å². The summed E-state index contributed by atoms with van der Waals surface area (Å²) >= 11 is 1.41. The largest absolute Gasteiger partial charge is 0.482 e. The predicted octanol–water partition coefficient (Wildman–Crippen LogP) is 3.16. The molecule has 3 aromatic rings. The second-order valence-corrected chi connectivity index (χ2v) is 6.92. The van der Waals surface area contributed by atoms with E-state index in [1.807, 2.05) is 0 Å². The number of ether oxygens (including phenoxy) is 1. The number of hydrogen-bond acceptors (Lipinski definition) is 5. The first-order valence-electron chi connectivity index (χ1n) is 8.25. The number of thioether (sulfide) groups is 1. The van der Waals surface area contributed by atoms with Gasteiger partial charge < -0.3 is 4.74 Å². The molecule has 0 saturated carbocycles. The number of carbonyl (C=O) groups excluding carboxylic acids is 1. The molecule has 0 unspecified atom stereocenters. The van der Waals surface area contributed by atoms with Crippen LogP contribution in [0.2, 0.25) is 0 Å². The number of amides is 1. The lowest BCUT2D eigenvalue weighted by molar-refractivity contribution is 0.0952. The van der Waals surface area contributed by atoms with Crippen LogP contribution in [0, 0.1) is 17.5 Å². The van der Waals surface area contributed by atoms with Crippen molar-refractivity contribution >= 4 is 17.7 Å². The van der Waals surface area contributed by atoms with Crippen LogP contribution in [0.25, 0.3) is 0 Å². The molecule has 6 nitrogen and oxygen atoms in total. The molecule has 1 aromatic heterocycles. The van der Waals surface area contributed by atoms with E-state index in [0.29, 0.717) is 23.0 Å². The van der Waals surface area contributed by atoms with Crippen molar-refractivity contribution in [3.8, 4) is 5.75 Å². The van der Waals surface area contributed by atoms with Crippen LogP contribution in [-0.4, -0.2) is 33.1 Å². The van der Waals surface area contributed by atoms with E-state index in [4.69, 9.17) is 4.74 Å². The average Bonchev–Trinajstić information content (AvgIpc) is 3.11. The van der Waals surface area contributed by atoms with Gasteiger partial charge in [-0.05, 0) is 36.4 Å². The summed E-state index contributed by atoms with van der Waals surface area (Å²) in [6.45, 7) is 0.202. The minimum Gasteiger partial charge on any atom is -0.482 e. The molecule has 1 aliphatic heterocycles. The highest BCUT2D eigenvalue weighted by atomic mass is 32.2. The Morgan fingerprint density at radius 1 is 1.07 bits per heavy atom. The van der Waals surface area contributed by atoms with Crippen LogP contribution in [0.5, 0.6) is 5.75 Å². The first-order chi connectivity index (χ1) is 13.5. The summed E-state index contributed by atoms with van der Waals surface area (Å²) in [5, 5.41) is 9.97. The zero-order valence-corrected chi connectivity index (χ0v) is 15.1. The fraction of sp³-hybridized carbons (Fsp3) is 0.167. The number of benzene rings is 2. The molecule has 10 heteroatoms. The van der Waals surface area contributed by atoms with E-state index in [1.54, 1.807) is 0 Å². The fourth-order valence-electron chi connectivity index (χ4n) is 2.71. The smallest absolute Gasteiger partial charge is 0.272 e. The first kappa shape index (κ1) is 18.4. The molecule has 0 saturated heterocycles. The first-order valence-corrected chi connectivity index (χ1v) is 9.24. The van der Waals surface area contributed by atoms with Gasteiger partial charge in [-0.25, -0.2) is 22.9 Å². The maximum Gasteiger partial charge on any atom is 0.272 e. The quantitative estimate of drug-likeness (QED) is 0.666. The number of aromatic nitrogens is 3. The van der Waals surface area contributed by atoms with Crippen LogP contribution in [0.3, 0.4) is 0 Å². The van der Waals surface area contributed by atoms with Crippen LogP contribution in [0.15, 0.2) is 47.6 Å². The van der Waals surface area contributed by atoms with Gasteiger partial charge in [0, 0.05) is 17.4 Å². The van der Waals surface area contributed by atoms with E-state index in [-0.39, 0.29) is 24.1 Å². The van der Waals surface area contributed by atoms with Crippen LogP contribution < -0.4 is 9.75 Å².